The zero-order valence-corrected chi connectivity index (χ0v) is 18.2. The first kappa shape index (κ1) is 21.1. The maximum Gasteiger partial charge on any atom is 0.255 e. The van der Waals surface area contributed by atoms with Crippen LogP contribution in [0.1, 0.15) is 30.1 Å². The summed E-state index contributed by atoms with van der Waals surface area (Å²) in [6.07, 6.45) is 3.21. The SMILES string of the molecule is CCS(=O)(=O)c1ccc(N2CCC(NC(=O)c3cn[nH]c3-c3ccccc3)CC2)cc1. The smallest absolute Gasteiger partial charge is 0.255 e. The molecular weight excluding hydrogens is 412 g/mol. The molecule has 3 aromatic rings. The number of carbonyl (C=O) groups is 1. The lowest BCUT2D eigenvalue weighted by atomic mass is 10.0. The van der Waals surface area contributed by atoms with Crippen LogP contribution >= 0.6 is 0 Å². The predicted octanol–water partition coefficient (Wildman–Crippen LogP) is 3.27. The molecule has 0 saturated carbocycles. The standard InChI is InChI=1S/C23H26N4O3S/c1-2-31(29,30)20-10-8-19(9-11-20)27-14-12-18(13-15-27)25-23(28)21-16-24-26-22(21)17-6-4-3-5-7-17/h3-11,16,18H,2,12-15H2,1H3,(H,24,26)(H,25,28). The van der Waals surface area contributed by atoms with Gasteiger partial charge in [-0.3, -0.25) is 9.89 Å². The number of amides is 1. The van der Waals surface area contributed by atoms with Crippen molar-refractivity contribution >= 4 is 21.4 Å². The summed E-state index contributed by atoms with van der Waals surface area (Å²) in [7, 11) is -3.19. The van der Waals surface area contributed by atoms with Crippen LogP contribution in [-0.2, 0) is 9.84 Å². The molecule has 0 aliphatic carbocycles. The molecule has 2 N–H and O–H groups in total. The molecule has 0 unspecified atom stereocenters. The molecule has 0 atom stereocenters. The molecule has 1 aliphatic heterocycles. The number of aromatic amines is 1. The van der Waals surface area contributed by atoms with E-state index in [-0.39, 0.29) is 17.7 Å². The number of H-pyrrole nitrogens is 1. The molecule has 2 aromatic carbocycles. The van der Waals surface area contributed by atoms with E-state index >= 15 is 0 Å². The molecule has 1 aromatic heterocycles. The summed E-state index contributed by atoms with van der Waals surface area (Å²) in [5, 5.41) is 10.1. The van der Waals surface area contributed by atoms with E-state index in [2.05, 4.69) is 20.4 Å². The van der Waals surface area contributed by atoms with E-state index < -0.39 is 9.84 Å². The van der Waals surface area contributed by atoms with Gasteiger partial charge in [-0.05, 0) is 37.1 Å². The monoisotopic (exact) mass is 438 g/mol. The normalized spacial score (nSPS) is 15.1. The fourth-order valence-corrected chi connectivity index (χ4v) is 4.74. The quantitative estimate of drug-likeness (QED) is 0.616. The van der Waals surface area contributed by atoms with Crippen molar-refractivity contribution in [2.75, 3.05) is 23.7 Å². The zero-order chi connectivity index (χ0) is 21.8. The van der Waals surface area contributed by atoms with Crippen LogP contribution < -0.4 is 10.2 Å². The highest BCUT2D eigenvalue weighted by atomic mass is 32.2. The third-order valence-corrected chi connectivity index (χ3v) is 7.47. The van der Waals surface area contributed by atoms with Crippen LogP contribution in [0.4, 0.5) is 5.69 Å². The number of anilines is 1. The Kier molecular flexibility index (Phi) is 6.08. The van der Waals surface area contributed by atoms with Crippen LogP contribution in [0.5, 0.6) is 0 Å². The topological polar surface area (TPSA) is 95.2 Å². The third kappa shape index (κ3) is 4.64. The lowest BCUT2D eigenvalue weighted by Gasteiger charge is -2.34. The molecule has 0 spiro atoms. The number of hydrogen-bond acceptors (Lipinski definition) is 5. The lowest BCUT2D eigenvalue weighted by molar-refractivity contribution is 0.0932. The van der Waals surface area contributed by atoms with Crippen LogP contribution in [0.3, 0.4) is 0 Å². The number of aromatic nitrogens is 2. The van der Waals surface area contributed by atoms with Crippen LogP contribution in [0.25, 0.3) is 11.3 Å². The highest BCUT2D eigenvalue weighted by Crippen LogP contribution is 2.24. The molecule has 162 valence electrons. The fraction of sp³-hybridized carbons (Fsp3) is 0.304. The van der Waals surface area contributed by atoms with Crippen molar-refractivity contribution < 1.29 is 13.2 Å². The zero-order valence-electron chi connectivity index (χ0n) is 17.4. The van der Waals surface area contributed by atoms with Gasteiger partial charge in [-0.2, -0.15) is 5.10 Å². The minimum atomic E-state index is -3.19. The molecule has 1 saturated heterocycles. The summed E-state index contributed by atoms with van der Waals surface area (Å²) < 4.78 is 24.0. The van der Waals surface area contributed by atoms with Crippen LogP contribution in [0.15, 0.2) is 65.7 Å². The van der Waals surface area contributed by atoms with Gasteiger partial charge < -0.3 is 10.2 Å². The molecule has 0 radical (unpaired) electrons. The van der Waals surface area contributed by atoms with Gasteiger partial charge in [0.05, 0.1) is 28.1 Å². The number of sulfone groups is 1. The number of nitrogens with zero attached hydrogens (tertiary/aromatic N) is 2. The van der Waals surface area contributed by atoms with Crippen molar-refractivity contribution in [3.05, 3.63) is 66.4 Å². The molecule has 1 amide bonds. The minimum Gasteiger partial charge on any atom is -0.371 e. The number of piperidine rings is 1. The van der Waals surface area contributed by atoms with Gasteiger partial charge in [-0.25, -0.2) is 8.42 Å². The second-order valence-corrected chi connectivity index (χ2v) is 9.94. The molecular formula is C23H26N4O3S. The van der Waals surface area contributed by atoms with E-state index in [4.69, 9.17) is 0 Å². The average molecular weight is 439 g/mol. The van der Waals surface area contributed by atoms with Crippen molar-refractivity contribution in [2.24, 2.45) is 0 Å². The first-order valence-electron chi connectivity index (χ1n) is 10.5. The number of hydrogen-bond donors (Lipinski definition) is 2. The predicted molar refractivity (Wildman–Crippen MR) is 121 cm³/mol. The lowest BCUT2D eigenvalue weighted by Crippen LogP contribution is -2.44. The Morgan fingerprint density at radius 2 is 1.77 bits per heavy atom. The van der Waals surface area contributed by atoms with Crippen molar-refractivity contribution in [3.63, 3.8) is 0 Å². The van der Waals surface area contributed by atoms with Crippen LogP contribution in [0, 0.1) is 0 Å². The van der Waals surface area contributed by atoms with Gasteiger partial charge in [0.2, 0.25) is 0 Å². The van der Waals surface area contributed by atoms with Gasteiger partial charge in [0, 0.05) is 30.4 Å². The van der Waals surface area contributed by atoms with Gasteiger partial charge in [0.1, 0.15) is 0 Å². The van der Waals surface area contributed by atoms with Gasteiger partial charge in [-0.1, -0.05) is 37.3 Å². The molecule has 7 nitrogen and oxygen atoms in total. The molecule has 2 heterocycles. The number of carbonyl (C=O) groups excluding carboxylic acids is 1. The molecule has 31 heavy (non-hydrogen) atoms. The Balaban J connectivity index is 1.36. The number of nitrogens with one attached hydrogen (secondary N) is 2. The van der Waals surface area contributed by atoms with Crippen molar-refractivity contribution in [1.29, 1.82) is 0 Å². The highest BCUT2D eigenvalue weighted by Gasteiger charge is 2.23. The van der Waals surface area contributed by atoms with Crippen LogP contribution in [-0.4, -0.2) is 49.4 Å². The van der Waals surface area contributed by atoms with E-state index in [1.807, 2.05) is 42.5 Å². The van der Waals surface area contributed by atoms with Gasteiger partial charge in [0.15, 0.2) is 9.84 Å². The second-order valence-electron chi connectivity index (χ2n) is 7.66. The molecule has 1 fully saturated rings. The molecule has 4 rings (SSSR count). The van der Waals surface area contributed by atoms with Gasteiger partial charge >= 0.3 is 0 Å². The summed E-state index contributed by atoms with van der Waals surface area (Å²) in [5.74, 6) is -0.0275. The Hall–Kier alpha value is -3.13. The maximum absolute atomic E-state index is 12.8. The van der Waals surface area contributed by atoms with Gasteiger partial charge in [0.25, 0.3) is 5.91 Å². The van der Waals surface area contributed by atoms with Crippen molar-refractivity contribution in [2.45, 2.75) is 30.7 Å². The summed E-state index contributed by atoms with van der Waals surface area (Å²) in [6.45, 7) is 3.23. The number of rotatable bonds is 6. The van der Waals surface area contributed by atoms with Crippen molar-refractivity contribution in [3.8, 4) is 11.3 Å². The average Bonchev–Trinajstić information content (AvgIpc) is 3.30. The van der Waals surface area contributed by atoms with E-state index in [1.165, 1.54) is 0 Å². The second kappa shape index (κ2) is 8.93. The summed E-state index contributed by atoms with van der Waals surface area (Å²) >= 11 is 0. The largest absolute Gasteiger partial charge is 0.371 e. The highest BCUT2D eigenvalue weighted by molar-refractivity contribution is 7.91. The minimum absolute atomic E-state index is 0.0852. The van der Waals surface area contributed by atoms with E-state index in [0.717, 1.165) is 42.9 Å². The van der Waals surface area contributed by atoms with E-state index in [0.29, 0.717) is 10.5 Å². The Morgan fingerprint density at radius 3 is 2.42 bits per heavy atom. The first-order chi connectivity index (χ1) is 15.0. The van der Waals surface area contributed by atoms with Crippen molar-refractivity contribution in [1.82, 2.24) is 15.5 Å². The molecule has 8 heteroatoms. The van der Waals surface area contributed by atoms with E-state index in [9.17, 15) is 13.2 Å². The Morgan fingerprint density at radius 1 is 1.10 bits per heavy atom. The summed E-state index contributed by atoms with van der Waals surface area (Å²) in [4.78, 5) is 15.4. The summed E-state index contributed by atoms with van der Waals surface area (Å²) in [5.41, 5.74) is 3.19. The molecule has 1 aliphatic rings. The Labute approximate surface area is 182 Å². The van der Waals surface area contributed by atoms with E-state index in [1.54, 1.807) is 25.3 Å². The fourth-order valence-electron chi connectivity index (χ4n) is 3.86. The summed E-state index contributed by atoms with van der Waals surface area (Å²) in [6, 6.07) is 16.8. The first-order valence-corrected chi connectivity index (χ1v) is 12.1. The van der Waals surface area contributed by atoms with Gasteiger partial charge in [-0.15, -0.1) is 0 Å². The maximum atomic E-state index is 12.8. The number of benzene rings is 2. The Bertz CT molecular complexity index is 1130. The third-order valence-electron chi connectivity index (χ3n) is 5.72. The van der Waals surface area contributed by atoms with Crippen LogP contribution in [0.2, 0.25) is 0 Å². The molecule has 0 bridgehead atoms.